The summed E-state index contributed by atoms with van der Waals surface area (Å²) in [6.45, 7) is 0.721. The molecule has 3 aromatic rings. The molecule has 0 fully saturated rings. The van der Waals surface area contributed by atoms with Crippen LogP contribution in [0.15, 0.2) is 36.4 Å². The topological polar surface area (TPSA) is 51.0 Å². The predicted molar refractivity (Wildman–Crippen MR) is 83.3 cm³/mol. The number of rotatable bonds is 4. The number of para-hydroxylation sites is 1. The lowest BCUT2D eigenvalue weighted by Crippen LogP contribution is -2.29. The Kier molecular flexibility index (Phi) is 3.90. The van der Waals surface area contributed by atoms with Gasteiger partial charge in [0.05, 0.1) is 16.4 Å². The summed E-state index contributed by atoms with van der Waals surface area (Å²) in [5.74, 6) is -0.0184. The molecule has 0 radical (unpaired) electrons. The van der Waals surface area contributed by atoms with Gasteiger partial charge in [0.15, 0.2) is 0 Å². The van der Waals surface area contributed by atoms with Gasteiger partial charge in [0, 0.05) is 11.9 Å². The molecule has 2 heterocycles. The summed E-state index contributed by atoms with van der Waals surface area (Å²) in [6.07, 6.45) is 0. The first-order chi connectivity index (χ1) is 10.1. The first-order valence-corrected chi connectivity index (χ1v) is 7.59. The zero-order chi connectivity index (χ0) is 14.8. The van der Waals surface area contributed by atoms with Crippen molar-refractivity contribution in [1.82, 2.24) is 19.9 Å². The number of likely N-dealkylation sites (N-methyl/N-ethyl adjacent to an activating group) is 1. The summed E-state index contributed by atoms with van der Waals surface area (Å²) in [5, 5.41) is 8.07. The molecule has 0 N–H and O–H groups in total. The van der Waals surface area contributed by atoms with E-state index in [9.17, 15) is 4.79 Å². The zero-order valence-electron chi connectivity index (χ0n) is 11.4. The van der Waals surface area contributed by atoms with Gasteiger partial charge in [-0.15, -0.1) is 16.4 Å². The molecule has 0 aliphatic rings. The van der Waals surface area contributed by atoms with Crippen LogP contribution in [0, 0.1) is 0 Å². The van der Waals surface area contributed by atoms with Crippen molar-refractivity contribution in [3.63, 3.8) is 0 Å². The van der Waals surface area contributed by atoms with Crippen LogP contribution in [-0.2, 0) is 17.9 Å². The van der Waals surface area contributed by atoms with Gasteiger partial charge in [-0.25, -0.2) is 4.68 Å². The summed E-state index contributed by atoms with van der Waals surface area (Å²) in [4.78, 5) is 15.0. The average molecular weight is 321 g/mol. The lowest BCUT2D eigenvalue weighted by atomic mass is 10.3. The lowest BCUT2D eigenvalue weighted by Gasteiger charge is -2.16. The van der Waals surface area contributed by atoms with Crippen molar-refractivity contribution >= 4 is 39.9 Å². The SMILES string of the molecule is CN(Cc1ccc(Cl)s1)C(=O)Cn1nnc2ccccc21. The molecule has 3 rings (SSSR count). The molecule has 108 valence electrons. The number of nitrogens with zero attached hydrogens (tertiary/aromatic N) is 4. The standard InChI is InChI=1S/C14H13ClN4OS/c1-18(8-10-6-7-13(15)21-10)14(20)9-19-12-5-3-2-4-11(12)16-17-19/h2-7H,8-9H2,1H3. The molecule has 0 spiro atoms. The normalized spacial score (nSPS) is 11.0. The summed E-state index contributed by atoms with van der Waals surface area (Å²) in [6, 6.07) is 11.4. The Morgan fingerprint density at radius 1 is 1.33 bits per heavy atom. The maximum atomic E-state index is 12.3. The number of hydrogen-bond acceptors (Lipinski definition) is 4. The van der Waals surface area contributed by atoms with Crippen molar-refractivity contribution in [1.29, 1.82) is 0 Å². The van der Waals surface area contributed by atoms with E-state index in [1.165, 1.54) is 11.3 Å². The van der Waals surface area contributed by atoms with Crippen molar-refractivity contribution in [2.24, 2.45) is 0 Å². The van der Waals surface area contributed by atoms with E-state index < -0.39 is 0 Å². The Morgan fingerprint density at radius 2 is 2.14 bits per heavy atom. The van der Waals surface area contributed by atoms with Crippen molar-refractivity contribution in [3.8, 4) is 0 Å². The number of carbonyl (C=O) groups excluding carboxylic acids is 1. The maximum Gasteiger partial charge on any atom is 0.244 e. The highest BCUT2D eigenvalue weighted by Gasteiger charge is 2.13. The highest BCUT2D eigenvalue weighted by atomic mass is 35.5. The van der Waals surface area contributed by atoms with Crippen LogP contribution in [0.1, 0.15) is 4.88 Å². The molecule has 2 aromatic heterocycles. The van der Waals surface area contributed by atoms with E-state index in [-0.39, 0.29) is 12.5 Å². The lowest BCUT2D eigenvalue weighted by molar-refractivity contribution is -0.131. The van der Waals surface area contributed by atoms with Crippen molar-refractivity contribution in [3.05, 3.63) is 45.6 Å². The van der Waals surface area contributed by atoms with E-state index in [1.807, 2.05) is 36.4 Å². The molecule has 7 heteroatoms. The van der Waals surface area contributed by atoms with E-state index in [0.29, 0.717) is 6.54 Å². The highest BCUT2D eigenvalue weighted by molar-refractivity contribution is 7.16. The summed E-state index contributed by atoms with van der Waals surface area (Å²) in [7, 11) is 1.77. The van der Waals surface area contributed by atoms with Gasteiger partial charge >= 0.3 is 0 Å². The third-order valence-corrected chi connectivity index (χ3v) is 4.37. The van der Waals surface area contributed by atoms with Gasteiger partial charge in [0.1, 0.15) is 12.1 Å². The second-order valence-electron chi connectivity index (χ2n) is 4.69. The fraction of sp³-hybridized carbons (Fsp3) is 0.214. The quantitative estimate of drug-likeness (QED) is 0.742. The number of amides is 1. The van der Waals surface area contributed by atoms with E-state index in [4.69, 9.17) is 11.6 Å². The summed E-state index contributed by atoms with van der Waals surface area (Å²) >= 11 is 7.38. The second kappa shape index (κ2) is 5.83. The van der Waals surface area contributed by atoms with Crippen molar-refractivity contribution < 1.29 is 4.79 Å². The number of thiophene rings is 1. The number of aromatic nitrogens is 3. The molecule has 0 unspecified atom stereocenters. The van der Waals surface area contributed by atoms with Gasteiger partial charge in [-0.2, -0.15) is 0 Å². The van der Waals surface area contributed by atoms with Gasteiger partial charge in [-0.1, -0.05) is 28.9 Å². The molecule has 0 aliphatic carbocycles. The van der Waals surface area contributed by atoms with Gasteiger partial charge in [0.25, 0.3) is 0 Å². The van der Waals surface area contributed by atoms with Crippen LogP contribution < -0.4 is 0 Å². The number of benzene rings is 1. The second-order valence-corrected chi connectivity index (χ2v) is 6.49. The molecule has 5 nitrogen and oxygen atoms in total. The maximum absolute atomic E-state index is 12.3. The van der Waals surface area contributed by atoms with Crippen LogP contribution >= 0.6 is 22.9 Å². The molecule has 0 atom stereocenters. The van der Waals surface area contributed by atoms with Crippen LogP contribution in [-0.4, -0.2) is 32.8 Å². The van der Waals surface area contributed by atoms with Crippen LogP contribution in [0.2, 0.25) is 4.34 Å². The zero-order valence-corrected chi connectivity index (χ0v) is 12.9. The van der Waals surface area contributed by atoms with E-state index >= 15 is 0 Å². The minimum Gasteiger partial charge on any atom is -0.339 e. The fourth-order valence-electron chi connectivity index (χ4n) is 2.04. The molecule has 1 aromatic carbocycles. The molecule has 1 amide bonds. The predicted octanol–water partition coefficient (Wildman–Crippen LogP) is 2.80. The third-order valence-electron chi connectivity index (χ3n) is 3.15. The molecular weight excluding hydrogens is 308 g/mol. The summed E-state index contributed by atoms with van der Waals surface area (Å²) < 4.78 is 2.35. The van der Waals surface area contributed by atoms with Crippen LogP contribution in [0.3, 0.4) is 0 Å². The smallest absolute Gasteiger partial charge is 0.244 e. The Labute approximate surface area is 130 Å². The first-order valence-electron chi connectivity index (χ1n) is 6.40. The van der Waals surface area contributed by atoms with Crippen LogP contribution in [0.5, 0.6) is 0 Å². The third kappa shape index (κ3) is 3.06. The number of hydrogen-bond donors (Lipinski definition) is 0. The van der Waals surface area contributed by atoms with Crippen molar-refractivity contribution in [2.75, 3.05) is 7.05 Å². The minimum atomic E-state index is -0.0184. The van der Waals surface area contributed by atoms with Gasteiger partial charge in [-0.05, 0) is 24.3 Å². The van der Waals surface area contributed by atoms with E-state index in [2.05, 4.69) is 10.3 Å². The molecule has 0 aliphatic heterocycles. The molecule has 0 saturated carbocycles. The van der Waals surface area contributed by atoms with E-state index in [0.717, 1.165) is 20.2 Å². The fourth-order valence-corrected chi connectivity index (χ4v) is 3.18. The van der Waals surface area contributed by atoms with Crippen LogP contribution in [0.25, 0.3) is 11.0 Å². The van der Waals surface area contributed by atoms with Gasteiger partial charge in [-0.3, -0.25) is 4.79 Å². The summed E-state index contributed by atoms with van der Waals surface area (Å²) in [5.41, 5.74) is 1.65. The largest absolute Gasteiger partial charge is 0.339 e. The highest BCUT2D eigenvalue weighted by Crippen LogP contribution is 2.22. The minimum absolute atomic E-state index is 0.0184. The Balaban J connectivity index is 1.70. The average Bonchev–Trinajstić information content (AvgIpc) is 3.06. The van der Waals surface area contributed by atoms with Crippen LogP contribution in [0.4, 0.5) is 0 Å². The molecule has 0 saturated heterocycles. The molecule has 21 heavy (non-hydrogen) atoms. The molecular formula is C14H13ClN4OS. The Hall–Kier alpha value is -1.92. The monoisotopic (exact) mass is 320 g/mol. The van der Waals surface area contributed by atoms with Gasteiger partial charge in [0.2, 0.25) is 5.91 Å². The van der Waals surface area contributed by atoms with Crippen molar-refractivity contribution in [2.45, 2.75) is 13.1 Å². The number of carbonyl (C=O) groups is 1. The Morgan fingerprint density at radius 3 is 2.90 bits per heavy atom. The molecule has 0 bridgehead atoms. The Bertz CT molecular complexity index is 782. The van der Waals surface area contributed by atoms with E-state index in [1.54, 1.807) is 16.6 Å². The number of halogens is 1. The first kappa shape index (κ1) is 14.0. The number of fused-ring (bicyclic) bond motifs is 1. The van der Waals surface area contributed by atoms with Gasteiger partial charge < -0.3 is 4.90 Å².